The number of aryl methyl sites for hydroxylation is 2. The third kappa shape index (κ3) is 28.1. The number of carbonyl (C=O) groups excluding carboxylic acids is 6. The molecule has 5 aromatic carbocycles. The molecule has 18 unspecified atom stereocenters. The van der Waals surface area contributed by atoms with Crippen LogP contribution in [0.4, 0.5) is 4.39 Å². The second kappa shape index (κ2) is 49.2. The van der Waals surface area contributed by atoms with E-state index in [2.05, 4.69) is 98.5 Å². The van der Waals surface area contributed by atoms with Crippen molar-refractivity contribution in [1.82, 2.24) is 29.4 Å². The van der Waals surface area contributed by atoms with E-state index in [-0.39, 0.29) is 123 Å². The molecule has 0 amide bonds. The third-order valence-electron chi connectivity index (χ3n) is 34.4. The molecule has 12 aliphatic rings. The van der Waals surface area contributed by atoms with Crippen molar-refractivity contribution in [2.24, 2.45) is 27.1 Å². The van der Waals surface area contributed by atoms with E-state index < -0.39 is 32.5 Å². The fourth-order valence-corrected chi connectivity index (χ4v) is 25.9. The molecule has 12 saturated heterocycles. The summed E-state index contributed by atoms with van der Waals surface area (Å²) < 4.78 is 48.2. The monoisotopic (exact) mass is 2020 g/mol. The molecule has 12 aliphatic heterocycles. The number of hydrogen-bond acceptors (Lipinski definition) is 25. The number of thiophene rings is 1. The van der Waals surface area contributed by atoms with Crippen molar-refractivity contribution in [2.45, 2.75) is 375 Å². The zero-order valence-corrected chi connectivity index (χ0v) is 89.5. The molecule has 0 radical (unpaired) electrons. The van der Waals surface area contributed by atoms with Gasteiger partial charge in [-0.05, 0) is 346 Å². The van der Waals surface area contributed by atoms with E-state index >= 15 is 0 Å². The van der Waals surface area contributed by atoms with E-state index in [1.165, 1.54) is 106 Å². The van der Waals surface area contributed by atoms with Gasteiger partial charge in [0.1, 0.15) is 53.3 Å². The fourth-order valence-electron chi connectivity index (χ4n) is 24.9. The van der Waals surface area contributed by atoms with Gasteiger partial charge in [-0.3, -0.25) is 28.8 Å². The molecular weight excluding hydrogens is 1850 g/mol. The van der Waals surface area contributed by atoms with Gasteiger partial charge >= 0.3 is 35.8 Å². The molecule has 18 atom stereocenters. The smallest absolute Gasteiger partial charge is 0.319 e. The minimum Gasteiger partial charge on any atom is -0.462 e. The Morgan fingerprint density at radius 2 is 0.629 bits per heavy atom. The number of esters is 6. The summed E-state index contributed by atoms with van der Waals surface area (Å²) in [4.78, 5) is 92.3. The summed E-state index contributed by atoms with van der Waals surface area (Å²) in [6.07, 6.45) is 27.4. The van der Waals surface area contributed by atoms with Gasteiger partial charge in [0.15, 0.2) is 0 Å². The highest BCUT2D eigenvalue weighted by atomic mass is 35.5. The first-order chi connectivity index (χ1) is 67.9. The van der Waals surface area contributed by atoms with Crippen LogP contribution in [0.15, 0.2) is 145 Å². The van der Waals surface area contributed by atoms with Gasteiger partial charge in [0, 0.05) is 82.4 Å². The molecule has 24 nitrogen and oxygen atoms in total. The first-order valence-electron chi connectivity index (χ1n) is 52.9. The predicted molar refractivity (Wildman–Crippen MR) is 556 cm³/mol. The Balaban J connectivity index is 0.000000144. The van der Waals surface area contributed by atoms with E-state index in [9.17, 15) is 63.8 Å². The first-order valence-corrected chi connectivity index (χ1v) is 54.1. The minimum absolute atomic E-state index is 0.00274. The molecule has 6 N–H and O–H groups in total. The molecule has 12 bridgehead atoms. The second-order valence-corrected chi connectivity index (χ2v) is 48.3. The molecule has 0 saturated carbocycles. The van der Waals surface area contributed by atoms with Crippen LogP contribution >= 0.6 is 22.9 Å². The minimum atomic E-state index is -1.09. The maximum absolute atomic E-state index is 13.6. The summed E-state index contributed by atoms with van der Waals surface area (Å²) in [5.41, 5.74) is 1.39. The Kier molecular flexibility index (Phi) is 38.7. The van der Waals surface area contributed by atoms with Crippen molar-refractivity contribution < 1.29 is 92.2 Å². The number of rotatable bonds is 29. The normalized spacial score (nSPS) is 29.5. The standard InChI is InChI=1S/C25H31NO3.C20H29NO3.C19H26ClNO3.C19H26FNO3.C17H31NO3.C16H23NO3S/c1-18-7-6-8-19(13-18)16-25(17-27,20-9-4-3-5-10-20)24(28)29-23-14-21-11-12-22(15-23)26(21)2;1-14-4-6-15(7-5-14)12-20(2,13-22)19(23)24-18-10-16-8-9-17(11-18)21(16)3;2*1-19(12-22,11-13-3-5-14(20)6-4-13)18(23)24-17-9-15-7-8-16(10-17)21(15)2;1-16(2,3)10-17(4,11-19)15(20)21-14-8-12-6-7-13(9-14)18(12)5;1-16(10-18,14-4-3-7-21-14)15(19)20-13-8-11-5-6-12(9-13)17(11)2/h3-10,13,21-23,27H,11-12,14-17H2,1-2H3;4-7,16-18,22H,8-13H2,1-3H3;2*3-6,15-17,22H,7-12H2,1-2H3;12-14,19H,6-11H2,1-5H3;3-4,7,11-13,18H,5-6,8-10H2,1-2H3. The van der Waals surface area contributed by atoms with Gasteiger partial charge in [0.25, 0.3) is 0 Å². The number of hydrogen-bond donors (Lipinski definition) is 6. The van der Waals surface area contributed by atoms with Crippen molar-refractivity contribution in [3.63, 3.8) is 0 Å². The highest BCUT2D eigenvalue weighted by Crippen LogP contribution is 2.46. The average Bonchev–Trinajstić information content (AvgIpc) is 1.14. The summed E-state index contributed by atoms with van der Waals surface area (Å²) in [7, 11) is 13.0. The zero-order chi connectivity index (χ0) is 103. The number of aliphatic hydroxyl groups is 6. The molecule has 12 fully saturated rings. The van der Waals surface area contributed by atoms with Crippen molar-refractivity contribution in [3.05, 3.63) is 200 Å². The van der Waals surface area contributed by atoms with Crippen molar-refractivity contribution >= 4 is 58.8 Å². The first kappa shape index (κ1) is 113. The average molecular weight is 2020 g/mol. The maximum atomic E-state index is 13.6. The number of halogens is 2. The van der Waals surface area contributed by atoms with Crippen LogP contribution in [-0.4, -0.2) is 287 Å². The van der Waals surface area contributed by atoms with Crippen LogP contribution in [0.25, 0.3) is 0 Å². The largest absolute Gasteiger partial charge is 0.462 e. The topological polar surface area (TPSA) is 299 Å². The van der Waals surface area contributed by atoms with Crippen LogP contribution in [-0.2, 0) is 93.7 Å². The lowest BCUT2D eigenvalue weighted by molar-refractivity contribution is -0.169. The number of ether oxygens (including phenoxy) is 6. The number of aliphatic hydroxyl groups excluding tert-OH is 6. The Bertz CT molecular complexity index is 4790. The van der Waals surface area contributed by atoms with E-state index in [4.69, 9.17) is 40.0 Å². The summed E-state index contributed by atoms with van der Waals surface area (Å²) >= 11 is 7.40. The van der Waals surface area contributed by atoms with Gasteiger partial charge in [-0.15, -0.1) is 11.3 Å². The summed E-state index contributed by atoms with van der Waals surface area (Å²) in [5, 5.41) is 62.0. The van der Waals surface area contributed by atoms with Gasteiger partial charge in [0.2, 0.25) is 0 Å². The van der Waals surface area contributed by atoms with Gasteiger partial charge in [-0.25, -0.2) is 4.39 Å². The Morgan fingerprint density at radius 1 is 0.329 bits per heavy atom. The van der Waals surface area contributed by atoms with Crippen molar-refractivity contribution in [1.29, 1.82) is 0 Å². The van der Waals surface area contributed by atoms with Gasteiger partial charge < -0.3 is 88.5 Å². The van der Waals surface area contributed by atoms with Crippen LogP contribution < -0.4 is 0 Å². The Hall–Kier alpha value is -7.64. The van der Waals surface area contributed by atoms with E-state index in [0.717, 1.165) is 115 Å². The third-order valence-corrected chi connectivity index (χ3v) is 35.8. The van der Waals surface area contributed by atoms with Gasteiger partial charge in [-0.1, -0.05) is 153 Å². The summed E-state index contributed by atoms with van der Waals surface area (Å²) in [6.45, 7) is 17.9. The van der Waals surface area contributed by atoms with Crippen LogP contribution in [0.2, 0.25) is 5.02 Å². The Morgan fingerprint density at radius 3 is 0.916 bits per heavy atom. The molecular formula is C116H166ClFN6O18S. The van der Waals surface area contributed by atoms with Crippen LogP contribution in [0.3, 0.4) is 0 Å². The highest BCUT2D eigenvalue weighted by Gasteiger charge is 2.52. The van der Waals surface area contributed by atoms with Crippen molar-refractivity contribution in [3.8, 4) is 0 Å². The molecule has 18 rings (SSSR count). The van der Waals surface area contributed by atoms with Crippen molar-refractivity contribution in [2.75, 3.05) is 81.9 Å². The van der Waals surface area contributed by atoms with E-state index in [1.54, 1.807) is 52.0 Å². The SMILES string of the molecule is CN1C2CCC1CC(OC(=O)C(C)(CO)CC(C)(C)C)C2.CN1C2CCC1CC(OC(=O)C(C)(CO)Cc1ccc(Cl)cc1)C2.CN1C2CCC1CC(OC(=O)C(C)(CO)Cc1ccc(F)cc1)C2.CN1C2CCC1CC(OC(=O)C(C)(CO)c1cccs1)C2.Cc1ccc(CC(C)(CO)C(=O)OC2CC3CCC(C2)N3C)cc1.Cc1cccc(CC(CO)(C(=O)OC2CC3CCC(C2)N3C)c2ccccc2)c1. The zero-order valence-electron chi connectivity index (χ0n) is 87.9. The molecule has 143 heavy (non-hydrogen) atoms. The molecule has 0 spiro atoms. The maximum Gasteiger partial charge on any atom is 0.319 e. The van der Waals surface area contributed by atoms with E-state index in [0.29, 0.717) is 110 Å². The number of carbonyl (C=O) groups is 6. The molecule has 27 heteroatoms. The molecule has 6 aromatic rings. The lowest BCUT2D eigenvalue weighted by atomic mass is 9.75. The van der Waals surface area contributed by atoms with Crippen LogP contribution in [0, 0.1) is 46.7 Å². The molecule has 13 heterocycles. The lowest BCUT2D eigenvalue weighted by Gasteiger charge is -2.38. The molecule has 1 aromatic heterocycles. The fraction of sp³-hybridized carbons (Fsp3) is 0.655. The number of fused-ring (bicyclic) bond motifs is 12. The Labute approximate surface area is 859 Å². The van der Waals surface area contributed by atoms with Gasteiger partial charge in [0.05, 0.1) is 61.3 Å². The lowest BCUT2D eigenvalue weighted by Crippen LogP contribution is -2.48. The van der Waals surface area contributed by atoms with E-state index in [1.807, 2.05) is 123 Å². The number of benzene rings is 5. The number of piperidine rings is 6. The quantitative estimate of drug-likeness (QED) is 0.0188. The number of nitrogens with zero attached hydrogens (tertiary/aromatic N) is 6. The van der Waals surface area contributed by atoms with Gasteiger partial charge in [-0.2, -0.15) is 0 Å². The molecule has 788 valence electrons. The van der Waals surface area contributed by atoms with Crippen LogP contribution in [0.1, 0.15) is 260 Å². The summed E-state index contributed by atoms with van der Waals surface area (Å²) in [6, 6.07) is 49.4. The molecule has 0 aliphatic carbocycles. The summed E-state index contributed by atoms with van der Waals surface area (Å²) in [5.74, 6) is -2.05. The second-order valence-electron chi connectivity index (χ2n) is 46.9. The highest BCUT2D eigenvalue weighted by molar-refractivity contribution is 7.10. The van der Waals surface area contributed by atoms with Crippen LogP contribution in [0.5, 0.6) is 0 Å². The predicted octanol–water partition coefficient (Wildman–Crippen LogP) is 16.7.